The van der Waals surface area contributed by atoms with Crippen LogP contribution in [-0.4, -0.2) is 15.1 Å². The number of aromatic nitrogens is 2. The SMILES string of the molecule is OCc1cc2ccnc(Cl)c2nc1C(F)(F)F. The van der Waals surface area contributed by atoms with E-state index in [1.165, 1.54) is 18.3 Å². The van der Waals surface area contributed by atoms with E-state index in [2.05, 4.69) is 9.97 Å². The van der Waals surface area contributed by atoms with E-state index in [4.69, 9.17) is 16.7 Å². The third-order valence-corrected chi connectivity index (χ3v) is 2.48. The van der Waals surface area contributed by atoms with Crippen LogP contribution >= 0.6 is 11.6 Å². The van der Waals surface area contributed by atoms with Gasteiger partial charge in [0.2, 0.25) is 0 Å². The molecule has 0 aliphatic carbocycles. The van der Waals surface area contributed by atoms with E-state index in [0.717, 1.165) is 0 Å². The number of rotatable bonds is 1. The third-order valence-electron chi connectivity index (χ3n) is 2.21. The summed E-state index contributed by atoms with van der Waals surface area (Å²) in [5, 5.41) is 9.23. The van der Waals surface area contributed by atoms with Gasteiger partial charge >= 0.3 is 6.18 Å². The quantitative estimate of drug-likeness (QED) is 0.804. The van der Waals surface area contributed by atoms with Crippen molar-refractivity contribution in [2.75, 3.05) is 0 Å². The second kappa shape index (κ2) is 4.12. The lowest BCUT2D eigenvalue weighted by molar-refractivity contribution is -0.142. The average molecular weight is 263 g/mol. The summed E-state index contributed by atoms with van der Waals surface area (Å²) >= 11 is 5.67. The molecule has 0 unspecified atom stereocenters. The first-order chi connectivity index (χ1) is 7.93. The maximum absolute atomic E-state index is 12.7. The van der Waals surface area contributed by atoms with E-state index in [9.17, 15) is 13.2 Å². The van der Waals surface area contributed by atoms with Crippen LogP contribution in [0.15, 0.2) is 18.3 Å². The predicted octanol–water partition coefficient (Wildman–Crippen LogP) is 2.79. The lowest BCUT2D eigenvalue weighted by Gasteiger charge is -2.11. The number of pyridine rings is 2. The molecule has 17 heavy (non-hydrogen) atoms. The van der Waals surface area contributed by atoms with E-state index < -0.39 is 18.5 Å². The van der Waals surface area contributed by atoms with Gasteiger partial charge in [0.05, 0.1) is 6.61 Å². The molecule has 90 valence electrons. The zero-order valence-corrected chi connectivity index (χ0v) is 9.05. The van der Waals surface area contributed by atoms with Gasteiger partial charge in [0.25, 0.3) is 0 Å². The molecule has 0 amide bonds. The molecule has 2 heterocycles. The van der Waals surface area contributed by atoms with Gasteiger partial charge in [-0.25, -0.2) is 9.97 Å². The van der Waals surface area contributed by atoms with Crippen LogP contribution in [0, 0.1) is 0 Å². The minimum atomic E-state index is -4.63. The number of nitrogens with zero attached hydrogens (tertiary/aromatic N) is 2. The topological polar surface area (TPSA) is 46.0 Å². The Hall–Kier alpha value is -1.40. The molecule has 0 saturated heterocycles. The second-order valence-electron chi connectivity index (χ2n) is 3.33. The normalized spacial score (nSPS) is 12.1. The lowest BCUT2D eigenvalue weighted by Crippen LogP contribution is -2.12. The highest BCUT2D eigenvalue weighted by Gasteiger charge is 2.35. The molecule has 2 aromatic heterocycles. The van der Waals surface area contributed by atoms with Gasteiger partial charge in [0.1, 0.15) is 5.52 Å². The van der Waals surface area contributed by atoms with Crippen molar-refractivity contribution in [3.8, 4) is 0 Å². The van der Waals surface area contributed by atoms with E-state index in [1.807, 2.05) is 0 Å². The van der Waals surface area contributed by atoms with Crippen molar-refractivity contribution in [1.82, 2.24) is 9.97 Å². The smallest absolute Gasteiger partial charge is 0.392 e. The summed E-state index contributed by atoms with van der Waals surface area (Å²) in [4.78, 5) is 7.10. The lowest BCUT2D eigenvalue weighted by atomic mass is 10.1. The number of halogens is 4. The van der Waals surface area contributed by atoms with Crippen molar-refractivity contribution >= 4 is 22.5 Å². The zero-order chi connectivity index (χ0) is 12.6. The third kappa shape index (κ3) is 2.18. The monoisotopic (exact) mass is 262 g/mol. The Morgan fingerprint density at radius 1 is 1.35 bits per heavy atom. The summed E-state index contributed by atoms with van der Waals surface area (Å²) < 4.78 is 38.0. The number of alkyl halides is 3. The maximum atomic E-state index is 12.7. The molecule has 1 N–H and O–H groups in total. The summed E-state index contributed by atoms with van der Waals surface area (Å²) in [6, 6.07) is 2.69. The molecule has 0 saturated carbocycles. The summed E-state index contributed by atoms with van der Waals surface area (Å²) in [5.41, 5.74) is -1.45. The minimum Gasteiger partial charge on any atom is -0.392 e. The van der Waals surface area contributed by atoms with Crippen molar-refractivity contribution in [2.45, 2.75) is 12.8 Å². The summed E-state index contributed by atoms with van der Waals surface area (Å²) in [6.07, 6.45) is -3.27. The molecule has 2 rings (SSSR count). The zero-order valence-electron chi connectivity index (χ0n) is 8.29. The fourth-order valence-corrected chi connectivity index (χ4v) is 1.68. The molecule has 0 aliphatic rings. The molecule has 0 atom stereocenters. The molecule has 0 fully saturated rings. The number of fused-ring (bicyclic) bond motifs is 1. The molecule has 0 spiro atoms. The van der Waals surface area contributed by atoms with Crippen molar-refractivity contribution in [3.63, 3.8) is 0 Å². The number of aliphatic hydroxyl groups is 1. The Morgan fingerprint density at radius 2 is 2.06 bits per heavy atom. The Morgan fingerprint density at radius 3 is 2.65 bits per heavy atom. The largest absolute Gasteiger partial charge is 0.433 e. The van der Waals surface area contributed by atoms with Crippen LogP contribution in [0.5, 0.6) is 0 Å². The fraction of sp³-hybridized carbons (Fsp3) is 0.200. The Bertz CT molecular complexity index is 571. The minimum absolute atomic E-state index is 0.0290. The molecule has 7 heteroatoms. The van der Waals surface area contributed by atoms with Gasteiger partial charge < -0.3 is 5.11 Å². The van der Waals surface area contributed by atoms with Crippen molar-refractivity contribution in [3.05, 3.63) is 34.7 Å². The fourth-order valence-electron chi connectivity index (χ4n) is 1.47. The van der Waals surface area contributed by atoms with E-state index in [-0.39, 0.29) is 16.2 Å². The highest BCUT2D eigenvalue weighted by atomic mass is 35.5. The van der Waals surface area contributed by atoms with E-state index in [0.29, 0.717) is 5.39 Å². The van der Waals surface area contributed by atoms with Crippen LogP contribution in [0.2, 0.25) is 5.15 Å². The standard InChI is InChI=1S/C10H6ClF3N2O/c11-9-7-5(1-2-15-9)3-6(4-17)8(16-7)10(12,13)14/h1-3,17H,4H2. The molecule has 0 bridgehead atoms. The van der Waals surface area contributed by atoms with Gasteiger partial charge in [-0.1, -0.05) is 11.6 Å². The first-order valence-electron chi connectivity index (χ1n) is 4.55. The molecular formula is C10H6ClF3N2O. The van der Waals surface area contributed by atoms with E-state index in [1.54, 1.807) is 0 Å². The highest BCUT2D eigenvalue weighted by molar-refractivity contribution is 6.33. The van der Waals surface area contributed by atoms with Gasteiger partial charge in [0.15, 0.2) is 10.8 Å². The molecular weight excluding hydrogens is 257 g/mol. The Labute approximate surface area is 98.9 Å². The van der Waals surface area contributed by atoms with E-state index >= 15 is 0 Å². The van der Waals surface area contributed by atoms with Crippen LogP contribution in [-0.2, 0) is 12.8 Å². The van der Waals surface area contributed by atoms with Gasteiger partial charge in [-0.05, 0) is 12.1 Å². The highest BCUT2D eigenvalue weighted by Crippen LogP contribution is 2.33. The van der Waals surface area contributed by atoms with Crippen LogP contribution in [0.4, 0.5) is 13.2 Å². The predicted molar refractivity (Wildman–Crippen MR) is 55.5 cm³/mol. The molecule has 0 aromatic carbocycles. The van der Waals surface area contributed by atoms with Crippen LogP contribution in [0.1, 0.15) is 11.3 Å². The first-order valence-corrected chi connectivity index (χ1v) is 4.93. The average Bonchev–Trinajstić information content (AvgIpc) is 2.26. The van der Waals surface area contributed by atoms with Crippen LogP contribution in [0.25, 0.3) is 10.9 Å². The van der Waals surface area contributed by atoms with Crippen LogP contribution in [0.3, 0.4) is 0 Å². The number of hydrogen-bond donors (Lipinski definition) is 1. The number of hydrogen-bond acceptors (Lipinski definition) is 3. The second-order valence-corrected chi connectivity index (χ2v) is 3.68. The molecule has 2 aromatic rings. The summed E-state index contributed by atoms with van der Waals surface area (Å²) in [6.45, 7) is -0.738. The summed E-state index contributed by atoms with van der Waals surface area (Å²) in [5.74, 6) is 0. The van der Waals surface area contributed by atoms with Crippen LogP contribution < -0.4 is 0 Å². The first kappa shape index (κ1) is 12.1. The Kier molecular flexibility index (Phi) is 2.92. The molecule has 3 nitrogen and oxygen atoms in total. The van der Waals surface area contributed by atoms with Gasteiger partial charge in [-0.3, -0.25) is 0 Å². The Balaban J connectivity index is 2.79. The van der Waals surface area contributed by atoms with Crippen molar-refractivity contribution < 1.29 is 18.3 Å². The van der Waals surface area contributed by atoms with Gasteiger partial charge in [-0.15, -0.1) is 0 Å². The maximum Gasteiger partial charge on any atom is 0.433 e. The molecule has 0 aliphatic heterocycles. The van der Waals surface area contributed by atoms with Gasteiger partial charge in [0, 0.05) is 17.1 Å². The summed E-state index contributed by atoms with van der Waals surface area (Å²) in [7, 11) is 0. The molecule has 0 radical (unpaired) electrons. The van der Waals surface area contributed by atoms with Crippen molar-refractivity contribution in [1.29, 1.82) is 0 Å². The van der Waals surface area contributed by atoms with Crippen molar-refractivity contribution in [2.24, 2.45) is 0 Å². The number of aliphatic hydroxyl groups excluding tert-OH is 1. The van der Waals surface area contributed by atoms with Gasteiger partial charge in [-0.2, -0.15) is 13.2 Å².